The third-order valence-electron chi connectivity index (χ3n) is 3.39. The van der Waals surface area contributed by atoms with E-state index in [0.717, 1.165) is 16.0 Å². The first kappa shape index (κ1) is 18.7. The summed E-state index contributed by atoms with van der Waals surface area (Å²) in [6, 6.07) is 9.40. The number of thiophene rings is 1. The van der Waals surface area contributed by atoms with Gasteiger partial charge in [-0.25, -0.2) is 4.79 Å². The van der Waals surface area contributed by atoms with Crippen molar-refractivity contribution in [3.8, 4) is 0 Å². The van der Waals surface area contributed by atoms with Crippen molar-refractivity contribution in [3.05, 3.63) is 51.9 Å². The molecule has 1 aromatic carbocycles. The van der Waals surface area contributed by atoms with E-state index in [4.69, 9.17) is 9.57 Å². The number of rotatable bonds is 7. The molecule has 0 radical (unpaired) electrons. The molecule has 0 aliphatic heterocycles. The van der Waals surface area contributed by atoms with Crippen LogP contribution in [0.3, 0.4) is 0 Å². The number of benzene rings is 1. The summed E-state index contributed by atoms with van der Waals surface area (Å²) >= 11 is 1.33. The fourth-order valence-electron chi connectivity index (χ4n) is 2.06. The van der Waals surface area contributed by atoms with Crippen LogP contribution >= 0.6 is 11.3 Å². The molecule has 0 saturated carbocycles. The molecule has 0 atom stereocenters. The maximum Gasteiger partial charge on any atom is 0.341 e. The normalized spacial score (nSPS) is 10.7. The van der Waals surface area contributed by atoms with E-state index < -0.39 is 11.9 Å². The van der Waals surface area contributed by atoms with Gasteiger partial charge in [-0.05, 0) is 31.9 Å². The molecule has 0 bridgehead atoms. The molecule has 1 heterocycles. The highest BCUT2D eigenvalue weighted by atomic mass is 32.1. The molecule has 1 amide bonds. The molecule has 6 nitrogen and oxygen atoms in total. The summed E-state index contributed by atoms with van der Waals surface area (Å²) in [4.78, 5) is 30.0. The molecular formula is C18H20N2O4S. The molecule has 1 N–H and O–H groups in total. The number of amides is 1. The highest BCUT2D eigenvalue weighted by molar-refractivity contribution is 7.16. The van der Waals surface area contributed by atoms with E-state index in [-0.39, 0.29) is 13.2 Å². The van der Waals surface area contributed by atoms with E-state index in [2.05, 4.69) is 10.5 Å². The van der Waals surface area contributed by atoms with Crippen molar-refractivity contribution in [1.82, 2.24) is 0 Å². The summed E-state index contributed by atoms with van der Waals surface area (Å²) in [6.07, 6.45) is 1.52. The lowest BCUT2D eigenvalue weighted by Gasteiger charge is -2.06. The molecule has 0 aliphatic rings. The average Bonchev–Trinajstić information content (AvgIpc) is 2.87. The van der Waals surface area contributed by atoms with Crippen molar-refractivity contribution in [3.63, 3.8) is 0 Å². The molecule has 2 aromatic rings. The van der Waals surface area contributed by atoms with Crippen LogP contribution in [0.1, 0.15) is 33.3 Å². The Morgan fingerprint density at radius 3 is 2.64 bits per heavy atom. The number of hydrogen-bond donors (Lipinski definition) is 1. The monoisotopic (exact) mass is 360 g/mol. The second-order valence-corrected chi connectivity index (χ2v) is 6.40. The SMILES string of the molecule is CCOC(=O)c1c(NC(=O)CO/N=C\c2ccccc2)sc(C)c1C. The topological polar surface area (TPSA) is 77.0 Å². The van der Waals surface area contributed by atoms with Gasteiger partial charge < -0.3 is 14.9 Å². The van der Waals surface area contributed by atoms with Gasteiger partial charge in [0.15, 0.2) is 6.61 Å². The molecule has 132 valence electrons. The first-order valence-electron chi connectivity index (χ1n) is 7.80. The summed E-state index contributed by atoms with van der Waals surface area (Å²) < 4.78 is 5.05. The van der Waals surface area contributed by atoms with Gasteiger partial charge in [-0.3, -0.25) is 4.79 Å². The molecule has 25 heavy (non-hydrogen) atoms. The van der Waals surface area contributed by atoms with Gasteiger partial charge >= 0.3 is 5.97 Å². The molecule has 0 fully saturated rings. The van der Waals surface area contributed by atoms with Crippen LogP contribution in [0.5, 0.6) is 0 Å². The van der Waals surface area contributed by atoms with Gasteiger partial charge in [0.2, 0.25) is 0 Å². The number of esters is 1. The standard InChI is InChI=1S/C18H20N2O4S/c1-4-23-18(22)16-12(2)13(3)25-17(16)20-15(21)11-24-19-10-14-8-6-5-7-9-14/h5-10H,4,11H2,1-3H3,(H,20,21)/b19-10-. The number of carbonyl (C=O) groups excluding carboxylic acids is 2. The van der Waals surface area contributed by atoms with E-state index in [9.17, 15) is 9.59 Å². The summed E-state index contributed by atoms with van der Waals surface area (Å²) in [5, 5.41) is 6.92. The van der Waals surface area contributed by atoms with E-state index >= 15 is 0 Å². The van der Waals surface area contributed by atoms with Crippen LogP contribution < -0.4 is 5.32 Å². The number of aryl methyl sites for hydroxylation is 1. The van der Waals surface area contributed by atoms with Crippen LogP contribution in [0, 0.1) is 13.8 Å². The predicted octanol–water partition coefficient (Wildman–Crippen LogP) is 3.53. The van der Waals surface area contributed by atoms with Crippen molar-refractivity contribution in [2.45, 2.75) is 20.8 Å². The largest absolute Gasteiger partial charge is 0.462 e. The van der Waals surface area contributed by atoms with Gasteiger partial charge in [-0.1, -0.05) is 35.5 Å². The Kier molecular flexibility index (Phi) is 6.71. The van der Waals surface area contributed by atoms with Gasteiger partial charge in [0.1, 0.15) is 5.00 Å². The maximum absolute atomic E-state index is 12.1. The van der Waals surface area contributed by atoms with Crippen molar-refractivity contribution in [2.75, 3.05) is 18.5 Å². The molecular weight excluding hydrogens is 340 g/mol. The summed E-state index contributed by atoms with van der Waals surface area (Å²) in [5.41, 5.74) is 2.07. The van der Waals surface area contributed by atoms with Crippen LogP contribution in [0.15, 0.2) is 35.5 Å². The van der Waals surface area contributed by atoms with Crippen LogP contribution in [0.4, 0.5) is 5.00 Å². The average molecular weight is 360 g/mol. The fourth-order valence-corrected chi connectivity index (χ4v) is 3.12. The number of anilines is 1. The van der Waals surface area contributed by atoms with E-state index in [1.165, 1.54) is 17.6 Å². The van der Waals surface area contributed by atoms with Gasteiger partial charge in [0, 0.05) is 4.88 Å². The first-order valence-corrected chi connectivity index (χ1v) is 8.62. The molecule has 1 aromatic heterocycles. The van der Waals surface area contributed by atoms with Crippen molar-refractivity contribution in [1.29, 1.82) is 0 Å². The van der Waals surface area contributed by atoms with Crippen LogP contribution in [-0.4, -0.2) is 31.3 Å². The molecule has 0 saturated heterocycles. The lowest BCUT2D eigenvalue weighted by molar-refractivity contribution is -0.120. The number of ether oxygens (including phenoxy) is 1. The second-order valence-electron chi connectivity index (χ2n) is 5.17. The quantitative estimate of drug-likeness (QED) is 0.465. The van der Waals surface area contributed by atoms with Gasteiger partial charge in [-0.15, -0.1) is 11.3 Å². The molecule has 0 spiro atoms. The number of hydrogen-bond acceptors (Lipinski definition) is 6. The van der Waals surface area contributed by atoms with Crippen molar-refractivity contribution in [2.24, 2.45) is 5.16 Å². The Labute approximate surface area is 150 Å². The van der Waals surface area contributed by atoms with Crippen molar-refractivity contribution >= 4 is 34.4 Å². The molecule has 2 rings (SSSR count). The number of carbonyl (C=O) groups is 2. The Bertz CT molecular complexity index is 769. The zero-order chi connectivity index (χ0) is 18.2. The van der Waals surface area contributed by atoms with Crippen LogP contribution in [0.25, 0.3) is 0 Å². The Hall–Kier alpha value is -2.67. The third-order valence-corrected chi connectivity index (χ3v) is 4.51. The third kappa shape index (κ3) is 5.15. The summed E-state index contributed by atoms with van der Waals surface area (Å²) in [6.45, 7) is 5.48. The Morgan fingerprint density at radius 2 is 1.96 bits per heavy atom. The van der Waals surface area contributed by atoms with Crippen molar-refractivity contribution < 1.29 is 19.2 Å². The first-order chi connectivity index (χ1) is 12.0. The van der Waals surface area contributed by atoms with Gasteiger partial charge in [-0.2, -0.15) is 0 Å². The highest BCUT2D eigenvalue weighted by Gasteiger charge is 2.22. The van der Waals surface area contributed by atoms with E-state index in [1.54, 1.807) is 6.92 Å². The Balaban J connectivity index is 1.95. The maximum atomic E-state index is 12.1. The van der Waals surface area contributed by atoms with Crippen LogP contribution in [0.2, 0.25) is 0 Å². The van der Waals surface area contributed by atoms with Crippen LogP contribution in [-0.2, 0) is 14.4 Å². The lowest BCUT2D eigenvalue weighted by Crippen LogP contribution is -2.18. The minimum Gasteiger partial charge on any atom is -0.462 e. The molecule has 0 unspecified atom stereocenters. The highest BCUT2D eigenvalue weighted by Crippen LogP contribution is 2.32. The zero-order valence-electron chi connectivity index (χ0n) is 14.4. The van der Waals surface area contributed by atoms with E-state index in [1.807, 2.05) is 44.2 Å². The smallest absolute Gasteiger partial charge is 0.341 e. The van der Waals surface area contributed by atoms with Gasteiger partial charge in [0.05, 0.1) is 18.4 Å². The minimum absolute atomic E-state index is 0.248. The Morgan fingerprint density at radius 1 is 1.24 bits per heavy atom. The van der Waals surface area contributed by atoms with Gasteiger partial charge in [0.25, 0.3) is 5.91 Å². The number of nitrogens with zero attached hydrogens (tertiary/aromatic N) is 1. The molecule has 7 heteroatoms. The zero-order valence-corrected chi connectivity index (χ0v) is 15.2. The summed E-state index contributed by atoms with van der Waals surface area (Å²) in [5.74, 6) is -0.834. The lowest BCUT2D eigenvalue weighted by atomic mass is 10.1. The minimum atomic E-state index is -0.442. The number of oxime groups is 1. The molecule has 0 aliphatic carbocycles. The number of nitrogens with one attached hydrogen (secondary N) is 1. The summed E-state index contributed by atoms with van der Waals surface area (Å²) in [7, 11) is 0. The second kappa shape index (κ2) is 8.98. The predicted molar refractivity (Wildman–Crippen MR) is 98.4 cm³/mol. The fraction of sp³-hybridized carbons (Fsp3) is 0.278. The van der Waals surface area contributed by atoms with E-state index in [0.29, 0.717) is 10.6 Å².